The molecule has 157 valence electrons. The number of rotatable bonds is 7. The third-order valence-corrected chi connectivity index (χ3v) is 4.48. The SMILES string of the molecule is COc1ccc(OC(=O)c2c(O[C]=O)ccc(C)c2C(=O)Oc2ccc(Cl)cc2)cc1. The van der Waals surface area contributed by atoms with Crippen molar-refractivity contribution >= 4 is 30.0 Å². The van der Waals surface area contributed by atoms with E-state index in [1.54, 1.807) is 31.2 Å². The molecule has 0 amide bonds. The van der Waals surface area contributed by atoms with Crippen LogP contribution >= 0.6 is 11.6 Å². The van der Waals surface area contributed by atoms with Crippen molar-refractivity contribution in [3.8, 4) is 23.0 Å². The number of hydrogen-bond donors (Lipinski definition) is 0. The van der Waals surface area contributed by atoms with Crippen molar-refractivity contribution in [3.05, 3.63) is 82.4 Å². The fraction of sp³-hybridized carbons (Fsp3) is 0.0870. The largest absolute Gasteiger partial charge is 0.497 e. The Balaban J connectivity index is 1.98. The molecule has 3 aromatic carbocycles. The predicted octanol–water partition coefficient (Wildman–Crippen LogP) is 4.54. The summed E-state index contributed by atoms with van der Waals surface area (Å²) in [6.07, 6.45) is 0. The maximum atomic E-state index is 13.0. The lowest BCUT2D eigenvalue weighted by Gasteiger charge is -2.14. The van der Waals surface area contributed by atoms with Crippen molar-refractivity contribution in [1.82, 2.24) is 0 Å². The molecule has 0 aliphatic rings. The van der Waals surface area contributed by atoms with Crippen LogP contribution in [-0.4, -0.2) is 25.5 Å². The standard InChI is InChI=1S/C23H16ClO7/c1-14-3-12-19(29-13-25)21(23(27)31-18-10-8-16(28-2)9-11-18)20(14)22(26)30-17-6-4-15(24)5-7-17/h3-12H,1-2H3. The number of aryl methyl sites for hydroxylation is 1. The van der Waals surface area contributed by atoms with Crippen molar-refractivity contribution in [3.63, 3.8) is 0 Å². The highest BCUT2D eigenvalue weighted by Crippen LogP contribution is 2.29. The molecular formula is C23H16ClO7. The highest BCUT2D eigenvalue weighted by Gasteiger charge is 2.28. The van der Waals surface area contributed by atoms with Gasteiger partial charge in [-0.2, -0.15) is 0 Å². The molecule has 3 aromatic rings. The summed E-state index contributed by atoms with van der Waals surface area (Å²) < 4.78 is 20.6. The maximum Gasteiger partial charge on any atom is 0.423 e. The third kappa shape index (κ3) is 5.21. The van der Waals surface area contributed by atoms with Crippen LogP contribution in [0.1, 0.15) is 26.3 Å². The number of methoxy groups -OCH3 is 1. The molecule has 31 heavy (non-hydrogen) atoms. The molecule has 0 fully saturated rings. The minimum Gasteiger partial charge on any atom is -0.497 e. The van der Waals surface area contributed by atoms with E-state index in [0.717, 1.165) is 0 Å². The molecule has 8 heteroatoms. The first-order valence-corrected chi connectivity index (χ1v) is 9.32. The number of halogens is 1. The molecule has 0 atom stereocenters. The average Bonchev–Trinajstić information content (AvgIpc) is 2.76. The van der Waals surface area contributed by atoms with E-state index in [1.807, 2.05) is 0 Å². The Hall–Kier alpha value is -3.84. The summed E-state index contributed by atoms with van der Waals surface area (Å²) in [5, 5.41) is 0.469. The van der Waals surface area contributed by atoms with Crippen molar-refractivity contribution in [1.29, 1.82) is 0 Å². The van der Waals surface area contributed by atoms with Crippen LogP contribution in [-0.2, 0) is 4.79 Å². The van der Waals surface area contributed by atoms with Crippen LogP contribution in [0.4, 0.5) is 0 Å². The van der Waals surface area contributed by atoms with E-state index in [1.165, 1.54) is 50.0 Å². The lowest BCUT2D eigenvalue weighted by molar-refractivity contribution is 0.0689. The minimum absolute atomic E-state index is 0.110. The van der Waals surface area contributed by atoms with Crippen LogP contribution < -0.4 is 18.9 Å². The van der Waals surface area contributed by atoms with Crippen LogP contribution in [0.2, 0.25) is 5.02 Å². The molecule has 1 radical (unpaired) electrons. The summed E-state index contributed by atoms with van der Waals surface area (Å²) >= 11 is 5.85. The van der Waals surface area contributed by atoms with E-state index in [4.69, 9.17) is 30.5 Å². The van der Waals surface area contributed by atoms with Crippen LogP contribution in [0.25, 0.3) is 0 Å². The number of esters is 2. The molecule has 0 spiro atoms. The number of ether oxygens (including phenoxy) is 4. The number of carbonyl (C=O) groups is 2. The van der Waals surface area contributed by atoms with E-state index in [0.29, 0.717) is 16.3 Å². The van der Waals surface area contributed by atoms with E-state index < -0.39 is 11.9 Å². The lowest BCUT2D eigenvalue weighted by atomic mass is 10.0. The number of benzene rings is 3. The molecule has 0 aromatic heterocycles. The molecule has 0 saturated heterocycles. The van der Waals surface area contributed by atoms with Crippen LogP contribution in [0.15, 0.2) is 60.7 Å². The molecular weight excluding hydrogens is 424 g/mol. The van der Waals surface area contributed by atoms with Crippen LogP contribution in [0.5, 0.6) is 23.0 Å². The second-order valence-corrected chi connectivity index (χ2v) is 6.66. The molecule has 0 N–H and O–H groups in total. The van der Waals surface area contributed by atoms with Crippen molar-refractivity contribution in [2.75, 3.05) is 7.11 Å². The van der Waals surface area contributed by atoms with Gasteiger partial charge in [0.05, 0.1) is 12.7 Å². The number of hydrogen-bond acceptors (Lipinski definition) is 7. The van der Waals surface area contributed by atoms with Gasteiger partial charge in [-0.3, -0.25) is 0 Å². The van der Waals surface area contributed by atoms with Gasteiger partial charge in [-0.15, -0.1) is 0 Å². The van der Waals surface area contributed by atoms with Gasteiger partial charge in [0.25, 0.3) is 0 Å². The van der Waals surface area contributed by atoms with Gasteiger partial charge in [-0.1, -0.05) is 17.7 Å². The predicted molar refractivity (Wildman–Crippen MR) is 112 cm³/mol. The second kappa shape index (κ2) is 9.77. The highest BCUT2D eigenvalue weighted by atomic mass is 35.5. The van der Waals surface area contributed by atoms with E-state index >= 15 is 0 Å². The van der Waals surface area contributed by atoms with Crippen molar-refractivity contribution in [2.45, 2.75) is 6.92 Å². The zero-order chi connectivity index (χ0) is 22.4. The number of carbonyl (C=O) groups excluding carboxylic acids is 3. The summed E-state index contributed by atoms with van der Waals surface area (Å²) in [7, 11) is 1.51. The molecule has 0 saturated carbocycles. The van der Waals surface area contributed by atoms with Crippen LogP contribution in [0.3, 0.4) is 0 Å². The minimum atomic E-state index is -0.915. The molecule has 0 aliphatic carbocycles. The fourth-order valence-corrected chi connectivity index (χ4v) is 2.87. The summed E-state index contributed by atoms with van der Waals surface area (Å²) in [6.45, 7) is 2.87. The van der Waals surface area contributed by atoms with Gasteiger partial charge in [0.2, 0.25) is 0 Å². The Bertz CT molecular complexity index is 1110. The molecule has 0 aliphatic heterocycles. The summed E-state index contributed by atoms with van der Waals surface area (Å²) in [6, 6.07) is 15.2. The summed E-state index contributed by atoms with van der Waals surface area (Å²) in [4.78, 5) is 36.7. The normalized spacial score (nSPS) is 10.2. The first kappa shape index (κ1) is 21.9. The molecule has 3 rings (SSSR count). The van der Waals surface area contributed by atoms with Crippen LogP contribution in [0, 0.1) is 6.92 Å². The van der Waals surface area contributed by atoms with Gasteiger partial charge in [0.15, 0.2) is 0 Å². The van der Waals surface area contributed by atoms with Crippen molar-refractivity contribution in [2.24, 2.45) is 0 Å². The van der Waals surface area contributed by atoms with Gasteiger partial charge in [0.1, 0.15) is 28.6 Å². The fourth-order valence-electron chi connectivity index (χ4n) is 2.75. The average molecular weight is 440 g/mol. The topological polar surface area (TPSA) is 88.1 Å². The monoisotopic (exact) mass is 439 g/mol. The second-order valence-electron chi connectivity index (χ2n) is 6.22. The van der Waals surface area contributed by atoms with Gasteiger partial charge in [-0.25, -0.2) is 14.4 Å². The van der Waals surface area contributed by atoms with Gasteiger partial charge in [-0.05, 0) is 67.1 Å². The quantitative estimate of drug-likeness (QED) is 0.394. The Kier molecular flexibility index (Phi) is 6.89. The summed E-state index contributed by atoms with van der Waals surface area (Å²) in [5.41, 5.74) is 0.0400. The summed E-state index contributed by atoms with van der Waals surface area (Å²) in [5.74, 6) is -0.953. The van der Waals surface area contributed by atoms with E-state index in [2.05, 4.69) is 0 Å². The lowest BCUT2D eigenvalue weighted by Crippen LogP contribution is -2.20. The van der Waals surface area contributed by atoms with E-state index in [-0.39, 0.29) is 28.4 Å². The zero-order valence-corrected chi connectivity index (χ0v) is 17.3. The molecule has 7 nitrogen and oxygen atoms in total. The Morgan fingerprint density at radius 3 is 1.84 bits per heavy atom. The molecule has 0 unspecified atom stereocenters. The van der Waals surface area contributed by atoms with Gasteiger partial charge < -0.3 is 18.9 Å². The Morgan fingerprint density at radius 1 is 0.774 bits per heavy atom. The maximum absolute atomic E-state index is 13.0. The van der Waals surface area contributed by atoms with Gasteiger partial charge in [0, 0.05) is 5.02 Å². The zero-order valence-electron chi connectivity index (χ0n) is 16.5. The first-order valence-electron chi connectivity index (χ1n) is 8.94. The first-order chi connectivity index (χ1) is 14.9. The smallest absolute Gasteiger partial charge is 0.423 e. The van der Waals surface area contributed by atoms with Gasteiger partial charge >= 0.3 is 18.4 Å². The van der Waals surface area contributed by atoms with Crippen molar-refractivity contribution < 1.29 is 33.3 Å². The molecule has 0 heterocycles. The molecule has 0 bridgehead atoms. The van der Waals surface area contributed by atoms with E-state index in [9.17, 15) is 14.4 Å². The highest BCUT2D eigenvalue weighted by molar-refractivity contribution is 6.30. The Labute approximate surface area is 183 Å². The Morgan fingerprint density at radius 2 is 1.29 bits per heavy atom. The third-order valence-electron chi connectivity index (χ3n) is 4.23.